The number of nitrogens with one attached hydrogen (secondary N) is 1. The highest BCUT2D eigenvalue weighted by molar-refractivity contribution is 6.03. The van der Waals surface area contributed by atoms with Crippen LogP contribution in [0.25, 0.3) is 11.5 Å². The van der Waals surface area contributed by atoms with Crippen molar-refractivity contribution >= 4 is 11.9 Å². The van der Waals surface area contributed by atoms with Gasteiger partial charge in [-0.15, -0.1) is 18.3 Å². The molecule has 0 fully saturated rings. The van der Waals surface area contributed by atoms with Crippen molar-refractivity contribution in [2.24, 2.45) is 0 Å². The summed E-state index contributed by atoms with van der Waals surface area (Å²) in [6.45, 7) is 0. The van der Waals surface area contributed by atoms with Crippen LogP contribution in [0.1, 0.15) is 10.4 Å². The summed E-state index contributed by atoms with van der Waals surface area (Å²) in [5, 5.41) is 9.66. The van der Waals surface area contributed by atoms with Crippen molar-refractivity contribution in [3.05, 3.63) is 59.9 Å². The number of halogens is 4. The number of carbonyl (C=O) groups is 1. The quantitative estimate of drug-likeness (QED) is 0.705. The van der Waals surface area contributed by atoms with Crippen molar-refractivity contribution in [1.29, 1.82) is 0 Å². The minimum Gasteiger partial charge on any atom is -0.406 e. The van der Waals surface area contributed by atoms with Crippen molar-refractivity contribution in [2.75, 3.05) is 5.32 Å². The predicted molar refractivity (Wildman–Crippen MR) is 80.8 cm³/mol. The summed E-state index contributed by atoms with van der Waals surface area (Å²) < 4.78 is 58.2. The van der Waals surface area contributed by atoms with E-state index < -0.39 is 23.8 Å². The van der Waals surface area contributed by atoms with Crippen LogP contribution >= 0.6 is 0 Å². The average molecular weight is 367 g/mol. The maximum atomic E-state index is 12.9. The van der Waals surface area contributed by atoms with E-state index in [9.17, 15) is 22.4 Å². The zero-order chi connectivity index (χ0) is 18.7. The van der Waals surface area contributed by atoms with Crippen LogP contribution in [0.5, 0.6) is 5.75 Å². The Morgan fingerprint density at radius 1 is 1.00 bits per heavy atom. The zero-order valence-corrected chi connectivity index (χ0v) is 12.7. The van der Waals surface area contributed by atoms with Crippen LogP contribution in [0.4, 0.5) is 23.6 Å². The van der Waals surface area contributed by atoms with E-state index in [1.807, 2.05) is 0 Å². The van der Waals surface area contributed by atoms with Gasteiger partial charge in [-0.1, -0.05) is 5.10 Å². The Morgan fingerprint density at radius 3 is 2.27 bits per heavy atom. The van der Waals surface area contributed by atoms with Gasteiger partial charge >= 0.3 is 12.4 Å². The highest BCUT2D eigenvalue weighted by Crippen LogP contribution is 2.23. The first-order valence-corrected chi connectivity index (χ1v) is 7.07. The third-order valence-electron chi connectivity index (χ3n) is 3.09. The second-order valence-electron chi connectivity index (χ2n) is 4.95. The Labute approximate surface area is 143 Å². The van der Waals surface area contributed by atoms with Gasteiger partial charge in [0.05, 0.1) is 0 Å². The number of hydrogen-bond donors (Lipinski definition) is 1. The van der Waals surface area contributed by atoms with E-state index in [1.54, 1.807) is 0 Å². The number of alkyl halides is 3. The fourth-order valence-electron chi connectivity index (χ4n) is 1.96. The Bertz CT molecular complexity index is 906. The number of amides is 1. The highest BCUT2D eigenvalue weighted by Gasteiger charge is 2.31. The summed E-state index contributed by atoms with van der Waals surface area (Å²) in [5.41, 5.74) is 0.508. The maximum absolute atomic E-state index is 12.9. The standard InChI is InChI=1S/C16H9F4N3O3/c17-11-5-1-10(2-6-11)14-22-23-15(25-14)21-13(24)9-3-7-12(8-4-9)26-16(18,19)20/h1-8H,(H,21,23,24). The largest absolute Gasteiger partial charge is 0.573 e. The van der Waals surface area contributed by atoms with Crippen LogP contribution in [0, 0.1) is 5.82 Å². The van der Waals surface area contributed by atoms with E-state index in [4.69, 9.17) is 4.42 Å². The van der Waals surface area contributed by atoms with Crippen LogP contribution in [0.2, 0.25) is 0 Å². The predicted octanol–water partition coefficient (Wildman–Crippen LogP) is 4.03. The Hall–Kier alpha value is -3.43. The second-order valence-corrected chi connectivity index (χ2v) is 4.95. The lowest BCUT2D eigenvalue weighted by atomic mass is 10.2. The molecule has 1 N–H and O–H groups in total. The van der Waals surface area contributed by atoms with Crippen LogP contribution in [-0.4, -0.2) is 22.5 Å². The van der Waals surface area contributed by atoms with Gasteiger partial charge in [0.25, 0.3) is 5.91 Å². The van der Waals surface area contributed by atoms with E-state index in [0.717, 1.165) is 24.3 Å². The molecule has 0 aliphatic carbocycles. The van der Waals surface area contributed by atoms with Gasteiger partial charge in [0.15, 0.2) is 0 Å². The van der Waals surface area contributed by atoms with Gasteiger partial charge in [-0.05, 0) is 48.5 Å². The number of aromatic nitrogens is 2. The summed E-state index contributed by atoms with van der Waals surface area (Å²) in [4.78, 5) is 12.0. The van der Waals surface area contributed by atoms with Crippen molar-refractivity contribution in [2.45, 2.75) is 6.36 Å². The number of nitrogens with zero attached hydrogens (tertiary/aromatic N) is 2. The lowest BCUT2D eigenvalue weighted by molar-refractivity contribution is -0.274. The Kier molecular flexibility index (Phi) is 4.57. The fraction of sp³-hybridized carbons (Fsp3) is 0.0625. The number of rotatable bonds is 4. The molecule has 3 aromatic rings. The third-order valence-corrected chi connectivity index (χ3v) is 3.09. The topological polar surface area (TPSA) is 77.3 Å². The second kappa shape index (κ2) is 6.82. The molecule has 1 aromatic heterocycles. The first-order valence-electron chi connectivity index (χ1n) is 7.07. The first-order chi connectivity index (χ1) is 12.3. The third kappa shape index (κ3) is 4.35. The van der Waals surface area contributed by atoms with E-state index in [2.05, 4.69) is 20.3 Å². The highest BCUT2D eigenvalue weighted by atomic mass is 19.4. The summed E-state index contributed by atoms with van der Waals surface area (Å²) in [5.74, 6) is -1.49. The van der Waals surface area contributed by atoms with Gasteiger partial charge < -0.3 is 9.15 Å². The molecular weight excluding hydrogens is 358 g/mol. The van der Waals surface area contributed by atoms with Gasteiger partial charge in [-0.3, -0.25) is 10.1 Å². The summed E-state index contributed by atoms with van der Waals surface area (Å²) in [6.07, 6.45) is -4.82. The molecule has 0 unspecified atom stereocenters. The number of hydrogen-bond acceptors (Lipinski definition) is 5. The smallest absolute Gasteiger partial charge is 0.406 e. The van der Waals surface area contributed by atoms with Gasteiger partial charge in [0.1, 0.15) is 11.6 Å². The molecule has 0 aliphatic heterocycles. The molecule has 0 atom stereocenters. The number of ether oxygens (including phenoxy) is 1. The van der Waals surface area contributed by atoms with E-state index >= 15 is 0 Å². The van der Waals surface area contributed by atoms with Crippen molar-refractivity contribution < 1.29 is 31.5 Å². The molecule has 26 heavy (non-hydrogen) atoms. The number of carbonyl (C=O) groups excluding carboxylic acids is 1. The average Bonchev–Trinajstić information content (AvgIpc) is 3.03. The molecule has 134 valence electrons. The van der Waals surface area contributed by atoms with Crippen LogP contribution in [0.3, 0.4) is 0 Å². The van der Waals surface area contributed by atoms with Crippen molar-refractivity contribution in [1.82, 2.24) is 10.2 Å². The number of anilines is 1. The van der Waals surface area contributed by atoms with Crippen molar-refractivity contribution in [3.63, 3.8) is 0 Å². The molecule has 0 spiro atoms. The number of benzene rings is 2. The lowest BCUT2D eigenvalue weighted by Gasteiger charge is -2.08. The molecule has 1 amide bonds. The van der Waals surface area contributed by atoms with Gasteiger partial charge in [-0.25, -0.2) is 4.39 Å². The minimum atomic E-state index is -4.82. The van der Waals surface area contributed by atoms with E-state index in [1.165, 1.54) is 24.3 Å². The van der Waals surface area contributed by atoms with Crippen LogP contribution in [0.15, 0.2) is 52.9 Å². The van der Waals surface area contributed by atoms with E-state index in [0.29, 0.717) is 5.56 Å². The van der Waals surface area contributed by atoms with Gasteiger partial charge in [-0.2, -0.15) is 0 Å². The summed E-state index contributed by atoms with van der Waals surface area (Å²) in [6, 6.07) is 9.35. The molecule has 0 saturated carbocycles. The van der Waals surface area contributed by atoms with Crippen LogP contribution in [-0.2, 0) is 0 Å². The molecule has 3 rings (SSSR count). The molecule has 6 nitrogen and oxygen atoms in total. The monoisotopic (exact) mass is 367 g/mol. The zero-order valence-electron chi connectivity index (χ0n) is 12.7. The lowest BCUT2D eigenvalue weighted by Crippen LogP contribution is -2.17. The minimum absolute atomic E-state index is 0.0565. The van der Waals surface area contributed by atoms with Crippen LogP contribution < -0.4 is 10.1 Å². The molecule has 0 radical (unpaired) electrons. The molecule has 0 bridgehead atoms. The molecule has 10 heteroatoms. The summed E-state index contributed by atoms with van der Waals surface area (Å²) in [7, 11) is 0. The molecular formula is C16H9F4N3O3. The molecule has 1 heterocycles. The van der Waals surface area contributed by atoms with E-state index in [-0.39, 0.29) is 17.5 Å². The van der Waals surface area contributed by atoms with Crippen molar-refractivity contribution in [3.8, 4) is 17.2 Å². The molecule has 0 saturated heterocycles. The maximum Gasteiger partial charge on any atom is 0.573 e. The normalized spacial score (nSPS) is 11.2. The summed E-state index contributed by atoms with van der Waals surface area (Å²) >= 11 is 0. The molecule has 2 aromatic carbocycles. The molecule has 0 aliphatic rings. The SMILES string of the molecule is O=C(Nc1nnc(-c2ccc(F)cc2)o1)c1ccc(OC(F)(F)F)cc1. The first kappa shape index (κ1) is 17.4. The van der Waals surface area contributed by atoms with Gasteiger partial charge in [0, 0.05) is 11.1 Å². The van der Waals surface area contributed by atoms with Gasteiger partial charge in [0.2, 0.25) is 5.89 Å². The Morgan fingerprint density at radius 2 is 1.65 bits per heavy atom. The fourth-order valence-corrected chi connectivity index (χ4v) is 1.96. The Balaban J connectivity index is 1.67.